The van der Waals surface area contributed by atoms with Gasteiger partial charge in [0.25, 0.3) is 0 Å². The predicted octanol–water partition coefficient (Wildman–Crippen LogP) is 5.81. The van der Waals surface area contributed by atoms with E-state index in [9.17, 15) is 0 Å². The van der Waals surface area contributed by atoms with Gasteiger partial charge >= 0.3 is 156 Å². The van der Waals surface area contributed by atoms with Gasteiger partial charge in [-0.1, -0.05) is 0 Å². The van der Waals surface area contributed by atoms with Crippen LogP contribution in [0.15, 0.2) is 43.0 Å². The molecule has 0 radical (unpaired) electrons. The third kappa shape index (κ3) is 4.09. The summed E-state index contributed by atoms with van der Waals surface area (Å²) < 4.78 is 15.5. The van der Waals surface area contributed by atoms with Gasteiger partial charge in [0.05, 0.1) is 0 Å². The second kappa shape index (κ2) is 9.17. The normalized spacial score (nSPS) is 22.0. The van der Waals surface area contributed by atoms with Crippen LogP contribution in [0.3, 0.4) is 0 Å². The molecule has 0 N–H and O–H groups in total. The van der Waals surface area contributed by atoms with Gasteiger partial charge in [-0.2, -0.15) is 0 Å². The van der Waals surface area contributed by atoms with Gasteiger partial charge in [-0.25, -0.2) is 0 Å². The van der Waals surface area contributed by atoms with E-state index < -0.39 is 19.1 Å². The molecule has 1 saturated heterocycles. The molecule has 0 saturated carbocycles. The van der Waals surface area contributed by atoms with Gasteiger partial charge in [0.2, 0.25) is 0 Å². The summed E-state index contributed by atoms with van der Waals surface area (Å²) in [7, 11) is 7.56. The van der Waals surface area contributed by atoms with Crippen LogP contribution in [0.4, 0.5) is 0 Å². The van der Waals surface area contributed by atoms with Crippen LogP contribution < -0.4 is 0 Å². The van der Waals surface area contributed by atoms with Gasteiger partial charge < -0.3 is 0 Å². The van der Waals surface area contributed by atoms with Crippen molar-refractivity contribution in [2.45, 2.75) is 55.4 Å². The Morgan fingerprint density at radius 1 is 1.08 bits per heavy atom. The fourth-order valence-electron chi connectivity index (χ4n) is 3.99. The molecule has 0 aromatic carbocycles. The molecule has 1 heterocycles. The van der Waals surface area contributed by atoms with Gasteiger partial charge in [-0.05, 0) is 0 Å². The first kappa shape index (κ1) is 18.9. The minimum atomic E-state index is -3.27. The van der Waals surface area contributed by atoms with Crippen LogP contribution in [-0.2, 0) is 28.4 Å². The van der Waals surface area contributed by atoms with E-state index in [-0.39, 0.29) is 7.12 Å². The summed E-state index contributed by atoms with van der Waals surface area (Å²) in [5.74, 6) is 0. The summed E-state index contributed by atoms with van der Waals surface area (Å²) in [6.45, 7) is 3.87. The van der Waals surface area contributed by atoms with Crippen LogP contribution in [0.1, 0.15) is 51.9 Å². The molecule has 0 aromatic rings. The molecule has 0 amide bonds. The first-order valence-electron chi connectivity index (χ1n) is 9.41. The van der Waals surface area contributed by atoms with E-state index in [0.717, 1.165) is 38.9 Å². The van der Waals surface area contributed by atoms with E-state index in [1.807, 2.05) is 0 Å². The van der Waals surface area contributed by atoms with Gasteiger partial charge in [-0.3, -0.25) is 0 Å². The third-order valence-electron chi connectivity index (χ3n) is 5.29. The standard InChI is InChI=1S/C9H18BO2.2C5H5.ClH.Zr/c1-2-3-4-5-7-10-11-8-6-9-12-10;2*1-2-4-5-3-1;;/h7H,2-6,8-9H2,1H3;2*1-3H,4H2;1H;/q;;;;+1/p-1. The molecule has 0 aromatic heterocycles. The molecule has 0 bridgehead atoms. The number of hydrogen-bond acceptors (Lipinski definition) is 2. The number of halogens is 1. The van der Waals surface area contributed by atoms with Crippen molar-refractivity contribution in [2.24, 2.45) is 0 Å². The molecule has 3 aliphatic rings. The van der Waals surface area contributed by atoms with Crippen molar-refractivity contribution in [3.05, 3.63) is 43.0 Å². The van der Waals surface area contributed by atoms with Crippen molar-refractivity contribution < 1.29 is 28.4 Å². The summed E-state index contributed by atoms with van der Waals surface area (Å²) in [6, 6.07) is 0. The average molecular weight is 426 g/mol. The Hall–Kier alpha value is 0.118. The van der Waals surface area contributed by atoms with Crippen molar-refractivity contribution in [3.63, 3.8) is 0 Å². The van der Waals surface area contributed by atoms with Crippen LogP contribution in [-0.4, -0.2) is 20.3 Å². The van der Waals surface area contributed by atoms with Crippen molar-refractivity contribution >= 4 is 15.6 Å². The second-order valence-corrected chi connectivity index (χ2v) is 18.9. The van der Waals surface area contributed by atoms with Crippen molar-refractivity contribution in [2.75, 3.05) is 13.2 Å². The maximum atomic E-state index is 7.66. The Labute approximate surface area is 155 Å². The van der Waals surface area contributed by atoms with E-state index in [1.165, 1.54) is 25.8 Å². The average Bonchev–Trinajstić information content (AvgIpc) is 3.33. The topological polar surface area (TPSA) is 18.5 Å². The van der Waals surface area contributed by atoms with Crippen molar-refractivity contribution in [1.82, 2.24) is 0 Å². The molecule has 1 unspecified atom stereocenters. The fourth-order valence-corrected chi connectivity index (χ4v) is 16.8. The first-order chi connectivity index (χ1) is 11.8. The molecule has 24 heavy (non-hydrogen) atoms. The van der Waals surface area contributed by atoms with Crippen LogP contribution in [0.25, 0.3) is 0 Å². The number of rotatable bonds is 8. The van der Waals surface area contributed by atoms with Crippen LogP contribution >= 0.6 is 8.51 Å². The van der Waals surface area contributed by atoms with E-state index in [2.05, 4.69) is 43.4 Å². The molecule has 1 atom stereocenters. The maximum absolute atomic E-state index is 7.66. The SMILES string of the molecule is CCCCC[CH](B1OCCCO1)[Zr]([Cl])([C]1=CC=CC1)[C]1=CC=CC1. The third-order valence-corrected chi connectivity index (χ3v) is 20.1. The predicted molar refractivity (Wildman–Crippen MR) is 99.7 cm³/mol. The van der Waals surface area contributed by atoms with E-state index >= 15 is 0 Å². The molecule has 130 valence electrons. The zero-order chi connectivity index (χ0) is 16.8. The number of allylic oxidation sites excluding steroid dienone is 8. The summed E-state index contributed by atoms with van der Waals surface area (Å²) in [6.07, 6.45) is 21.3. The van der Waals surface area contributed by atoms with Crippen molar-refractivity contribution in [1.29, 1.82) is 0 Å². The van der Waals surface area contributed by atoms with E-state index in [1.54, 1.807) is 0 Å². The quantitative estimate of drug-likeness (QED) is 0.360. The number of hydrogen-bond donors (Lipinski definition) is 0. The zero-order valence-corrected chi connectivity index (χ0v) is 17.9. The van der Waals surface area contributed by atoms with Gasteiger partial charge in [0, 0.05) is 0 Å². The Bertz CT molecular complexity index is 520. The van der Waals surface area contributed by atoms with Crippen LogP contribution in [0.5, 0.6) is 0 Å². The van der Waals surface area contributed by atoms with Crippen molar-refractivity contribution in [3.8, 4) is 0 Å². The Kier molecular flexibility index (Phi) is 7.22. The van der Waals surface area contributed by atoms with Crippen LogP contribution in [0.2, 0.25) is 3.53 Å². The summed E-state index contributed by atoms with van der Waals surface area (Å²) in [5, 5.41) is 0. The molecule has 5 heteroatoms. The second-order valence-electron chi connectivity index (χ2n) is 6.93. The molecule has 2 aliphatic carbocycles. The molecule has 2 nitrogen and oxygen atoms in total. The zero-order valence-electron chi connectivity index (χ0n) is 14.7. The molecular weight excluding hydrogens is 398 g/mol. The Morgan fingerprint density at radius 3 is 2.21 bits per heavy atom. The van der Waals surface area contributed by atoms with Gasteiger partial charge in [0.15, 0.2) is 0 Å². The van der Waals surface area contributed by atoms with E-state index in [4.69, 9.17) is 17.8 Å². The molecular formula is C19H28BClO2Zr. The summed E-state index contributed by atoms with van der Waals surface area (Å²) >= 11 is -3.27. The Morgan fingerprint density at radius 2 is 1.71 bits per heavy atom. The molecule has 3 rings (SSSR count). The van der Waals surface area contributed by atoms with Crippen LogP contribution in [0, 0.1) is 0 Å². The first-order valence-corrected chi connectivity index (χ1v) is 16.5. The summed E-state index contributed by atoms with van der Waals surface area (Å²) in [5.41, 5.74) is 0. The number of unbranched alkanes of at least 4 members (excludes halogenated alkanes) is 2. The van der Waals surface area contributed by atoms with Gasteiger partial charge in [0.1, 0.15) is 0 Å². The summed E-state index contributed by atoms with van der Waals surface area (Å²) in [4.78, 5) is 0. The van der Waals surface area contributed by atoms with Gasteiger partial charge in [-0.15, -0.1) is 0 Å². The molecule has 1 fully saturated rings. The molecule has 1 aliphatic heterocycles. The molecule has 0 spiro atoms. The minimum absolute atomic E-state index is 0.105. The Balaban J connectivity index is 1.89. The monoisotopic (exact) mass is 424 g/mol. The fraction of sp³-hybridized carbons (Fsp3) is 0.579. The van der Waals surface area contributed by atoms with E-state index in [0.29, 0.717) is 3.53 Å².